The summed E-state index contributed by atoms with van der Waals surface area (Å²) in [6.07, 6.45) is 2.18. The van der Waals surface area contributed by atoms with Crippen LogP contribution < -0.4 is 5.32 Å². The highest BCUT2D eigenvalue weighted by atomic mass is 16.5. The molecule has 7 nitrogen and oxygen atoms in total. The Bertz CT molecular complexity index is 622. The molecule has 0 bridgehead atoms. The van der Waals surface area contributed by atoms with Crippen molar-refractivity contribution in [3.05, 3.63) is 30.3 Å². The molecule has 2 heterocycles. The van der Waals surface area contributed by atoms with Gasteiger partial charge in [-0.15, -0.1) is 10.2 Å². The van der Waals surface area contributed by atoms with E-state index < -0.39 is 6.04 Å². The zero-order chi connectivity index (χ0) is 15.4. The molecular weight excluding hydrogens is 282 g/mol. The van der Waals surface area contributed by atoms with Crippen LogP contribution in [0, 0.1) is 0 Å². The highest BCUT2D eigenvalue weighted by molar-refractivity contribution is 5.79. The van der Waals surface area contributed by atoms with Crippen molar-refractivity contribution in [2.24, 2.45) is 0 Å². The Hall–Kier alpha value is -2.28. The van der Waals surface area contributed by atoms with E-state index in [2.05, 4.69) is 20.7 Å². The molecule has 2 aromatic rings. The fourth-order valence-corrected chi connectivity index (χ4v) is 2.36. The number of nitrogens with one attached hydrogen (secondary N) is 1. The fraction of sp³-hybridized carbons (Fsp3) is 0.467. The highest BCUT2D eigenvalue weighted by Crippen LogP contribution is 2.14. The lowest BCUT2D eigenvalue weighted by molar-refractivity contribution is -0.125. The Morgan fingerprint density at radius 2 is 2.27 bits per heavy atom. The number of amides is 1. The largest absolute Gasteiger partial charge is 0.376 e. The molecule has 1 fully saturated rings. The molecule has 1 aliphatic rings. The third-order valence-corrected chi connectivity index (χ3v) is 3.71. The quantitative estimate of drug-likeness (QED) is 0.897. The summed E-state index contributed by atoms with van der Waals surface area (Å²) in [4.78, 5) is 13.5. The van der Waals surface area contributed by atoms with Crippen molar-refractivity contribution in [1.29, 1.82) is 0 Å². The van der Waals surface area contributed by atoms with Crippen molar-refractivity contribution in [2.45, 2.75) is 31.9 Å². The average Bonchev–Trinajstić information content (AvgIpc) is 3.24. The van der Waals surface area contributed by atoms with Gasteiger partial charge in [0.1, 0.15) is 6.04 Å². The first-order valence-electron chi connectivity index (χ1n) is 7.48. The Balaban J connectivity index is 1.61. The second-order valence-electron chi connectivity index (χ2n) is 5.36. The van der Waals surface area contributed by atoms with E-state index in [1.807, 2.05) is 30.3 Å². The summed E-state index contributed by atoms with van der Waals surface area (Å²) in [7, 11) is 0. The molecule has 1 aromatic heterocycles. The molecule has 7 heteroatoms. The number of benzene rings is 1. The van der Waals surface area contributed by atoms with Crippen molar-refractivity contribution < 1.29 is 9.53 Å². The van der Waals surface area contributed by atoms with Crippen LogP contribution in [0.1, 0.15) is 25.8 Å². The second-order valence-corrected chi connectivity index (χ2v) is 5.36. The van der Waals surface area contributed by atoms with Gasteiger partial charge >= 0.3 is 0 Å². The van der Waals surface area contributed by atoms with Crippen LogP contribution >= 0.6 is 0 Å². The maximum atomic E-state index is 12.2. The molecule has 116 valence electrons. The van der Waals surface area contributed by atoms with Crippen molar-refractivity contribution in [3.8, 4) is 11.4 Å². The monoisotopic (exact) mass is 301 g/mol. The third kappa shape index (κ3) is 3.30. The summed E-state index contributed by atoms with van der Waals surface area (Å²) < 4.78 is 5.49. The van der Waals surface area contributed by atoms with Gasteiger partial charge in [0.05, 0.1) is 6.10 Å². The maximum Gasteiger partial charge on any atom is 0.246 e. The van der Waals surface area contributed by atoms with Gasteiger partial charge in [0, 0.05) is 18.7 Å². The molecular formula is C15H19N5O2. The number of ether oxygens (including phenoxy) is 1. The van der Waals surface area contributed by atoms with E-state index in [4.69, 9.17) is 4.74 Å². The van der Waals surface area contributed by atoms with E-state index in [1.54, 1.807) is 6.92 Å². The molecule has 1 N–H and O–H groups in total. The molecule has 2 atom stereocenters. The van der Waals surface area contributed by atoms with Gasteiger partial charge in [-0.2, -0.15) is 4.80 Å². The van der Waals surface area contributed by atoms with Gasteiger partial charge in [-0.25, -0.2) is 0 Å². The Morgan fingerprint density at radius 3 is 3.00 bits per heavy atom. The van der Waals surface area contributed by atoms with E-state index in [9.17, 15) is 4.79 Å². The minimum absolute atomic E-state index is 0.125. The van der Waals surface area contributed by atoms with Crippen LogP contribution in [0.15, 0.2) is 30.3 Å². The molecule has 0 saturated carbocycles. The van der Waals surface area contributed by atoms with Crippen molar-refractivity contribution >= 4 is 5.91 Å². The number of hydrogen-bond acceptors (Lipinski definition) is 5. The predicted octanol–water partition coefficient (Wildman–Crippen LogP) is 1.20. The van der Waals surface area contributed by atoms with Gasteiger partial charge in [0.15, 0.2) is 0 Å². The van der Waals surface area contributed by atoms with Crippen LogP contribution in [-0.2, 0) is 9.53 Å². The summed E-state index contributed by atoms with van der Waals surface area (Å²) in [5.74, 6) is 0.381. The molecule has 1 aromatic carbocycles. The van der Waals surface area contributed by atoms with Crippen molar-refractivity contribution in [2.75, 3.05) is 13.2 Å². The first kappa shape index (κ1) is 14.6. The zero-order valence-corrected chi connectivity index (χ0v) is 12.5. The Morgan fingerprint density at radius 1 is 1.45 bits per heavy atom. The molecule has 1 aliphatic heterocycles. The summed E-state index contributed by atoms with van der Waals surface area (Å²) in [6, 6.07) is 9.05. The van der Waals surface area contributed by atoms with Crippen LogP contribution in [0.3, 0.4) is 0 Å². The number of rotatable bonds is 5. The van der Waals surface area contributed by atoms with E-state index in [0.717, 1.165) is 25.0 Å². The second kappa shape index (κ2) is 6.65. The van der Waals surface area contributed by atoms with Crippen LogP contribution in [0.2, 0.25) is 0 Å². The SMILES string of the molecule is CC(C(=O)NCC1CCCO1)n1nnc(-c2ccccc2)n1. The standard InChI is InChI=1S/C15H19N5O2/c1-11(15(21)16-10-13-8-5-9-22-13)20-18-14(17-19-20)12-6-3-2-4-7-12/h2-4,6-7,11,13H,5,8-10H2,1H3,(H,16,21). The first-order chi connectivity index (χ1) is 10.7. The van der Waals surface area contributed by atoms with Gasteiger partial charge in [0.2, 0.25) is 11.7 Å². The van der Waals surface area contributed by atoms with E-state index >= 15 is 0 Å². The molecule has 0 spiro atoms. The molecule has 0 radical (unpaired) electrons. The summed E-state index contributed by atoms with van der Waals surface area (Å²) in [5, 5.41) is 15.1. The van der Waals surface area contributed by atoms with Crippen LogP contribution in [0.5, 0.6) is 0 Å². The molecule has 2 unspecified atom stereocenters. The lowest BCUT2D eigenvalue weighted by atomic mass is 10.2. The Labute approximate surface area is 128 Å². The third-order valence-electron chi connectivity index (χ3n) is 3.71. The van der Waals surface area contributed by atoms with Crippen molar-refractivity contribution in [3.63, 3.8) is 0 Å². The zero-order valence-electron chi connectivity index (χ0n) is 12.5. The lowest BCUT2D eigenvalue weighted by Gasteiger charge is -2.13. The number of carbonyl (C=O) groups excluding carboxylic acids is 1. The smallest absolute Gasteiger partial charge is 0.246 e. The fourth-order valence-electron chi connectivity index (χ4n) is 2.36. The van der Waals surface area contributed by atoms with Crippen LogP contribution in [-0.4, -0.2) is 45.4 Å². The predicted molar refractivity (Wildman–Crippen MR) is 79.9 cm³/mol. The maximum absolute atomic E-state index is 12.2. The Kier molecular flexibility index (Phi) is 4.43. The topological polar surface area (TPSA) is 81.9 Å². The number of aromatic nitrogens is 4. The summed E-state index contributed by atoms with van der Waals surface area (Å²) in [5.41, 5.74) is 0.876. The van der Waals surface area contributed by atoms with E-state index in [-0.39, 0.29) is 12.0 Å². The normalized spacial score (nSPS) is 19.0. The first-order valence-corrected chi connectivity index (χ1v) is 7.48. The van der Waals surface area contributed by atoms with Crippen LogP contribution in [0.4, 0.5) is 0 Å². The lowest BCUT2D eigenvalue weighted by Crippen LogP contribution is -2.36. The van der Waals surface area contributed by atoms with Crippen LogP contribution in [0.25, 0.3) is 11.4 Å². The molecule has 1 amide bonds. The van der Waals surface area contributed by atoms with Gasteiger partial charge in [0.25, 0.3) is 0 Å². The van der Waals surface area contributed by atoms with Gasteiger partial charge in [-0.05, 0) is 25.0 Å². The van der Waals surface area contributed by atoms with E-state index in [0.29, 0.717) is 12.4 Å². The summed E-state index contributed by atoms with van der Waals surface area (Å²) in [6.45, 7) is 3.06. The minimum atomic E-state index is -0.508. The molecule has 22 heavy (non-hydrogen) atoms. The number of carbonyl (C=O) groups is 1. The molecule has 0 aliphatic carbocycles. The number of hydrogen-bond donors (Lipinski definition) is 1. The molecule has 3 rings (SSSR count). The molecule has 1 saturated heterocycles. The summed E-state index contributed by atoms with van der Waals surface area (Å²) >= 11 is 0. The highest BCUT2D eigenvalue weighted by Gasteiger charge is 2.21. The van der Waals surface area contributed by atoms with E-state index in [1.165, 1.54) is 4.80 Å². The van der Waals surface area contributed by atoms with Gasteiger partial charge in [-0.3, -0.25) is 4.79 Å². The number of tetrazole rings is 1. The minimum Gasteiger partial charge on any atom is -0.376 e. The van der Waals surface area contributed by atoms with Crippen molar-refractivity contribution in [1.82, 2.24) is 25.5 Å². The average molecular weight is 301 g/mol. The van der Waals surface area contributed by atoms with Gasteiger partial charge in [-0.1, -0.05) is 30.3 Å². The van der Waals surface area contributed by atoms with Gasteiger partial charge < -0.3 is 10.1 Å². The number of nitrogens with zero attached hydrogens (tertiary/aromatic N) is 4.